The Morgan fingerprint density at radius 3 is 1.55 bits per heavy atom. The first kappa shape index (κ1) is 11.2. The highest BCUT2D eigenvalue weighted by molar-refractivity contribution is 7.58. The summed E-state index contributed by atoms with van der Waals surface area (Å²) in [5.74, 6) is 0. The van der Waals surface area contributed by atoms with Crippen molar-refractivity contribution in [3.63, 3.8) is 0 Å². The molecule has 68 valence electrons. The minimum Gasteiger partial charge on any atom is -0.333 e. The molecule has 0 atom stereocenters. The summed E-state index contributed by atoms with van der Waals surface area (Å²) in [6.07, 6.45) is 3.37. The predicted molar refractivity (Wildman–Crippen MR) is 48.7 cm³/mol. The minimum absolute atomic E-state index is 0.0513. The van der Waals surface area contributed by atoms with Gasteiger partial charge in [0.05, 0.1) is 12.2 Å². The van der Waals surface area contributed by atoms with Crippen molar-refractivity contribution in [1.82, 2.24) is 0 Å². The van der Waals surface area contributed by atoms with Crippen molar-refractivity contribution in [3.8, 4) is 0 Å². The molecule has 0 bridgehead atoms. The van der Waals surface area contributed by atoms with E-state index in [0.29, 0.717) is 0 Å². The average Bonchev–Trinajstić information content (AvgIpc) is 1.53. The molecule has 0 radical (unpaired) electrons. The largest absolute Gasteiger partial charge is 0.333 e. The zero-order valence-electron chi connectivity index (χ0n) is 7.57. The Morgan fingerprint density at radius 1 is 1.09 bits per heavy atom. The van der Waals surface area contributed by atoms with Crippen LogP contribution in [0.5, 0.6) is 0 Å². The molecule has 0 aromatic heterocycles. The first-order chi connectivity index (χ1) is 4.83. The monoisotopic (exact) mass is 180 g/mol. The van der Waals surface area contributed by atoms with Crippen molar-refractivity contribution in [2.45, 2.75) is 39.9 Å². The fourth-order valence-electron chi connectivity index (χ4n) is 0.684. The second-order valence-electron chi connectivity index (χ2n) is 2.95. The van der Waals surface area contributed by atoms with Crippen molar-refractivity contribution in [3.05, 3.63) is 0 Å². The molecule has 11 heavy (non-hydrogen) atoms. The molecule has 0 aromatic carbocycles. The van der Waals surface area contributed by atoms with Gasteiger partial charge in [0.25, 0.3) is 0 Å². The van der Waals surface area contributed by atoms with Crippen LogP contribution in [-0.2, 0) is 9.05 Å². The molecule has 0 aromatic rings. The molecule has 0 unspecified atom stereocenters. The molecule has 0 saturated carbocycles. The Labute approximate surface area is 68.6 Å². The highest BCUT2D eigenvalue weighted by atomic mass is 31.2. The minimum atomic E-state index is -2.80. The molecule has 1 N–H and O–H groups in total. The van der Waals surface area contributed by atoms with Crippen molar-refractivity contribution in [1.29, 1.82) is 0 Å². The Hall–Kier alpha value is 0.180. The lowest BCUT2D eigenvalue weighted by atomic mass is 10.5. The lowest BCUT2D eigenvalue weighted by molar-refractivity contribution is 0.135. The molecule has 0 rings (SSSR count). The van der Waals surface area contributed by atoms with Crippen LogP contribution in [0.25, 0.3) is 0 Å². The molecule has 3 nitrogen and oxygen atoms in total. The normalized spacial score (nSPS) is 13.0. The average molecular weight is 180 g/mol. The third kappa shape index (κ3) is 6.57. The van der Waals surface area contributed by atoms with E-state index in [2.05, 4.69) is 6.30 Å². The van der Waals surface area contributed by atoms with Gasteiger partial charge in [-0.2, -0.15) is 0 Å². The maximum Gasteiger partial charge on any atom is 0.248 e. The van der Waals surface area contributed by atoms with Crippen molar-refractivity contribution < 1.29 is 13.9 Å². The summed E-state index contributed by atoms with van der Waals surface area (Å²) in [6.45, 7) is 7.33. The van der Waals surface area contributed by atoms with Crippen LogP contribution in [0.3, 0.4) is 0 Å². The standard InChI is InChI=1S/C7H17O3P/c1-6(2)9-11(5,8)10-7(3)4/h6-8H,5H2,1-4H3. The number of rotatable bonds is 4. The molecular formula is C7H17O3P. The maximum atomic E-state index is 9.41. The first-order valence-electron chi connectivity index (χ1n) is 3.66. The molecule has 0 amide bonds. The Morgan fingerprint density at radius 2 is 1.36 bits per heavy atom. The summed E-state index contributed by atoms with van der Waals surface area (Å²) < 4.78 is 10.2. The van der Waals surface area contributed by atoms with E-state index in [4.69, 9.17) is 9.05 Å². The van der Waals surface area contributed by atoms with E-state index in [0.717, 1.165) is 0 Å². The summed E-state index contributed by atoms with van der Waals surface area (Å²) in [4.78, 5) is 9.41. The van der Waals surface area contributed by atoms with Gasteiger partial charge in [0.15, 0.2) is 0 Å². The molecular weight excluding hydrogens is 163 g/mol. The summed E-state index contributed by atoms with van der Waals surface area (Å²) in [6, 6.07) is 0. The van der Waals surface area contributed by atoms with E-state index < -0.39 is 7.57 Å². The highest BCUT2D eigenvalue weighted by Gasteiger charge is 2.15. The smallest absolute Gasteiger partial charge is 0.248 e. The zero-order valence-corrected chi connectivity index (χ0v) is 8.47. The van der Waals surface area contributed by atoms with Crippen LogP contribution in [0.4, 0.5) is 0 Å². The van der Waals surface area contributed by atoms with Crippen LogP contribution < -0.4 is 0 Å². The van der Waals surface area contributed by atoms with Crippen LogP contribution in [0.15, 0.2) is 0 Å². The summed E-state index contributed by atoms with van der Waals surface area (Å²) >= 11 is 0. The van der Waals surface area contributed by atoms with Gasteiger partial charge in [0, 0.05) is 0 Å². The fourth-order valence-corrected chi connectivity index (χ4v) is 2.05. The molecule has 0 aliphatic rings. The molecule has 0 spiro atoms. The summed E-state index contributed by atoms with van der Waals surface area (Å²) in [7, 11) is -2.80. The fraction of sp³-hybridized carbons (Fsp3) is 0.857. The van der Waals surface area contributed by atoms with Crippen molar-refractivity contribution in [2.24, 2.45) is 0 Å². The van der Waals surface area contributed by atoms with Gasteiger partial charge in [-0.1, -0.05) is 0 Å². The third-order valence-corrected chi connectivity index (χ3v) is 2.25. The van der Waals surface area contributed by atoms with E-state index >= 15 is 0 Å². The van der Waals surface area contributed by atoms with Crippen LogP contribution in [-0.4, -0.2) is 23.4 Å². The Balaban J connectivity index is 3.91. The topological polar surface area (TPSA) is 38.7 Å². The van der Waals surface area contributed by atoms with Gasteiger partial charge in [-0.05, 0) is 34.0 Å². The van der Waals surface area contributed by atoms with Gasteiger partial charge in [-0.25, -0.2) is 0 Å². The van der Waals surface area contributed by atoms with Crippen LogP contribution in [0.2, 0.25) is 0 Å². The first-order valence-corrected chi connectivity index (χ1v) is 5.42. The quantitative estimate of drug-likeness (QED) is 0.672. The second-order valence-corrected chi connectivity index (χ2v) is 4.64. The zero-order chi connectivity index (χ0) is 9.07. The van der Waals surface area contributed by atoms with E-state index in [1.54, 1.807) is 0 Å². The van der Waals surface area contributed by atoms with E-state index in [1.807, 2.05) is 27.7 Å². The molecule has 4 heteroatoms. The predicted octanol–water partition coefficient (Wildman–Crippen LogP) is 2.02. The van der Waals surface area contributed by atoms with Gasteiger partial charge in [-0.15, -0.1) is 0 Å². The maximum absolute atomic E-state index is 9.41. The van der Waals surface area contributed by atoms with Gasteiger partial charge < -0.3 is 13.9 Å². The molecule has 0 heterocycles. The van der Waals surface area contributed by atoms with Crippen molar-refractivity contribution in [2.75, 3.05) is 0 Å². The van der Waals surface area contributed by atoms with Gasteiger partial charge >= 0.3 is 0 Å². The van der Waals surface area contributed by atoms with Crippen LogP contribution >= 0.6 is 7.57 Å². The number of hydrogen-bond donors (Lipinski definition) is 1. The van der Waals surface area contributed by atoms with E-state index in [-0.39, 0.29) is 12.2 Å². The molecule has 0 fully saturated rings. The Bertz CT molecular complexity index is 140. The molecule has 0 saturated heterocycles. The highest BCUT2D eigenvalue weighted by Crippen LogP contribution is 2.44. The SMILES string of the molecule is C=P(O)(OC(C)C)OC(C)C. The molecule has 0 aliphatic heterocycles. The van der Waals surface area contributed by atoms with E-state index in [9.17, 15) is 4.89 Å². The van der Waals surface area contributed by atoms with Gasteiger partial charge in [0.1, 0.15) is 0 Å². The molecule has 0 aliphatic carbocycles. The summed E-state index contributed by atoms with van der Waals surface area (Å²) in [5.41, 5.74) is 0. The van der Waals surface area contributed by atoms with Crippen LogP contribution in [0, 0.1) is 0 Å². The third-order valence-electron chi connectivity index (χ3n) is 0.751. The summed E-state index contributed by atoms with van der Waals surface area (Å²) in [5, 5.41) is 0. The van der Waals surface area contributed by atoms with Crippen molar-refractivity contribution >= 4 is 13.9 Å². The Kier molecular flexibility index (Phi) is 4.34. The second kappa shape index (κ2) is 4.27. The lowest BCUT2D eigenvalue weighted by Gasteiger charge is -2.22. The van der Waals surface area contributed by atoms with E-state index in [1.165, 1.54) is 0 Å². The lowest BCUT2D eigenvalue weighted by Crippen LogP contribution is -2.07. The van der Waals surface area contributed by atoms with Crippen LogP contribution in [0.1, 0.15) is 27.7 Å². The number of hydrogen-bond acceptors (Lipinski definition) is 3. The van der Waals surface area contributed by atoms with Gasteiger partial charge in [0.2, 0.25) is 7.57 Å². The van der Waals surface area contributed by atoms with Gasteiger partial charge in [-0.3, -0.25) is 0 Å².